The number of amides is 2. The highest BCUT2D eigenvalue weighted by molar-refractivity contribution is 8.26. The van der Waals surface area contributed by atoms with E-state index in [2.05, 4.69) is 0 Å². The lowest BCUT2D eigenvalue weighted by Gasteiger charge is -2.26. The van der Waals surface area contributed by atoms with Gasteiger partial charge in [-0.15, -0.1) is 0 Å². The molecule has 0 unspecified atom stereocenters. The van der Waals surface area contributed by atoms with E-state index in [0.717, 1.165) is 24.8 Å². The highest BCUT2D eigenvalue weighted by Gasteiger charge is 2.31. The van der Waals surface area contributed by atoms with Gasteiger partial charge >= 0.3 is 0 Å². The molecule has 0 N–H and O–H groups in total. The molecule has 0 aliphatic carbocycles. The molecule has 7 heteroatoms. The van der Waals surface area contributed by atoms with Gasteiger partial charge < -0.3 is 9.64 Å². The third kappa shape index (κ3) is 5.64. The fourth-order valence-electron chi connectivity index (χ4n) is 3.09. The molecular weight excluding hydrogens is 380 g/mol. The Morgan fingerprint density at radius 1 is 1.15 bits per heavy atom. The van der Waals surface area contributed by atoms with Crippen LogP contribution in [0.3, 0.4) is 0 Å². The largest absolute Gasteiger partial charge is 0.378 e. The maximum Gasteiger partial charge on any atom is 0.266 e. The molecule has 2 heterocycles. The summed E-state index contributed by atoms with van der Waals surface area (Å²) in [7, 11) is 0. The summed E-state index contributed by atoms with van der Waals surface area (Å²) >= 11 is 6.73. The van der Waals surface area contributed by atoms with Gasteiger partial charge in [0.25, 0.3) is 5.91 Å². The number of morpholine rings is 1. The van der Waals surface area contributed by atoms with Gasteiger partial charge in [0.15, 0.2) is 0 Å². The Balaban J connectivity index is 1.40. The van der Waals surface area contributed by atoms with Gasteiger partial charge in [0, 0.05) is 26.1 Å². The summed E-state index contributed by atoms with van der Waals surface area (Å²) in [5, 5.41) is 0. The first-order valence-electron chi connectivity index (χ1n) is 9.31. The van der Waals surface area contributed by atoms with Gasteiger partial charge in [-0.2, -0.15) is 0 Å². The highest BCUT2D eigenvalue weighted by Crippen LogP contribution is 2.32. The number of nitrogens with zero attached hydrogens (tertiary/aromatic N) is 2. The van der Waals surface area contributed by atoms with Crippen LogP contribution in [0.5, 0.6) is 0 Å². The van der Waals surface area contributed by atoms with Gasteiger partial charge in [-0.25, -0.2) is 0 Å². The number of hydrogen-bond donors (Lipinski definition) is 0. The molecular formula is C20H24N2O3S2. The first-order valence-corrected chi connectivity index (χ1v) is 10.5. The maximum absolute atomic E-state index is 12.6. The molecule has 0 saturated carbocycles. The number of carbonyl (C=O) groups is 2. The molecule has 2 aliphatic heterocycles. The second-order valence-electron chi connectivity index (χ2n) is 6.55. The molecule has 0 atom stereocenters. The van der Waals surface area contributed by atoms with Crippen molar-refractivity contribution in [2.75, 3.05) is 32.8 Å². The van der Waals surface area contributed by atoms with Crippen LogP contribution in [0.15, 0.2) is 35.2 Å². The lowest BCUT2D eigenvalue weighted by molar-refractivity contribution is -0.135. The van der Waals surface area contributed by atoms with Crippen molar-refractivity contribution < 1.29 is 14.3 Å². The molecule has 1 aromatic carbocycles. The molecule has 1 aromatic rings. The van der Waals surface area contributed by atoms with Crippen molar-refractivity contribution in [2.45, 2.75) is 25.7 Å². The van der Waals surface area contributed by atoms with Gasteiger partial charge in [0.05, 0.1) is 18.1 Å². The molecule has 3 rings (SSSR count). The van der Waals surface area contributed by atoms with Crippen LogP contribution in [0.4, 0.5) is 0 Å². The van der Waals surface area contributed by atoms with E-state index in [1.807, 2.05) is 41.3 Å². The molecule has 2 amide bonds. The van der Waals surface area contributed by atoms with E-state index in [4.69, 9.17) is 17.0 Å². The van der Waals surface area contributed by atoms with Crippen LogP contribution < -0.4 is 0 Å². The third-order valence-electron chi connectivity index (χ3n) is 4.61. The molecule has 2 aliphatic rings. The van der Waals surface area contributed by atoms with E-state index in [0.29, 0.717) is 48.5 Å². The SMILES string of the molecule is O=C(CCCCCN1C(=O)/C(=C\c2ccccc2)SC1=S)N1CCOCC1. The molecule has 27 heavy (non-hydrogen) atoms. The average molecular weight is 405 g/mol. The van der Waals surface area contributed by atoms with E-state index in [1.165, 1.54) is 11.8 Å². The van der Waals surface area contributed by atoms with Gasteiger partial charge in [-0.05, 0) is 24.5 Å². The number of hydrogen-bond acceptors (Lipinski definition) is 5. The minimum Gasteiger partial charge on any atom is -0.378 e. The van der Waals surface area contributed by atoms with Crippen molar-refractivity contribution in [1.29, 1.82) is 0 Å². The molecule has 2 fully saturated rings. The zero-order valence-corrected chi connectivity index (χ0v) is 16.9. The number of unbranched alkanes of at least 4 members (excludes halogenated alkanes) is 2. The second kappa shape index (κ2) is 10.0. The molecule has 0 bridgehead atoms. The monoisotopic (exact) mass is 404 g/mol. The number of carbonyl (C=O) groups excluding carboxylic acids is 2. The van der Waals surface area contributed by atoms with Crippen molar-refractivity contribution in [1.82, 2.24) is 9.80 Å². The Bertz CT molecular complexity index is 715. The topological polar surface area (TPSA) is 49.9 Å². The van der Waals surface area contributed by atoms with Crippen LogP contribution in [-0.4, -0.2) is 58.8 Å². The van der Waals surface area contributed by atoms with Crippen molar-refractivity contribution in [3.8, 4) is 0 Å². The number of benzene rings is 1. The number of thiocarbonyl (C=S) groups is 1. The van der Waals surface area contributed by atoms with Crippen LogP contribution in [0, 0.1) is 0 Å². The Hall–Kier alpha value is -1.70. The predicted molar refractivity (Wildman–Crippen MR) is 112 cm³/mol. The minimum atomic E-state index is -0.0155. The van der Waals surface area contributed by atoms with E-state index < -0.39 is 0 Å². The minimum absolute atomic E-state index is 0.0155. The van der Waals surface area contributed by atoms with Gasteiger partial charge in [-0.3, -0.25) is 14.5 Å². The zero-order valence-electron chi connectivity index (χ0n) is 15.3. The quantitative estimate of drug-likeness (QED) is 0.396. The lowest BCUT2D eigenvalue weighted by atomic mass is 10.1. The Kier molecular flexibility index (Phi) is 7.43. The van der Waals surface area contributed by atoms with E-state index >= 15 is 0 Å². The standard InChI is InChI=1S/C20H24N2O3S2/c23-18(21-11-13-25-14-12-21)9-5-2-6-10-22-19(24)17(27-20(22)26)15-16-7-3-1-4-8-16/h1,3-4,7-8,15H,2,5-6,9-14H2/b17-15+. The first kappa shape index (κ1) is 20.0. The molecule has 144 valence electrons. The van der Waals surface area contributed by atoms with Crippen molar-refractivity contribution in [3.63, 3.8) is 0 Å². The summed E-state index contributed by atoms with van der Waals surface area (Å²) < 4.78 is 5.88. The average Bonchev–Trinajstić information content (AvgIpc) is 2.96. The fourth-order valence-corrected chi connectivity index (χ4v) is 4.40. The van der Waals surface area contributed by atoms with Gasteiger partial charge in [-0.1, -0.05) is 60.7 Å². The highest BCUT2D eigenvalue weighted by atomic mass is 32.2. The van der Waals surface area contributed by atoms with Crippen LogP contribution in [0.25, 0.3) is 6.08 Å². The molecule has 2 saturated heterocycles. The van der Waals surface area contributed by atoms with Crippen molar-refractivity contribution >= 4 is 46.2 Å². The van der Waals surface area contributed by atoms with Crippen LogP contribution >= 0.6 is 24.0 Å². The summed E-state index contributed by atoms with van der Waals surface area (Å²) in [4.78, 5) is 28.9. The van der Waals surface area contributed by atoms with Gasteiger partial charge in [0.2, 0.25) is 5.91 Å². The Labute approximate surface area is 169 Å². The summed E-state index contributed by atoms with van der Waals surface area (Å²) in [6.07, 6.45) is 5.05. The summed E-state index contributed by atoms with van der Waals surface area (Å²) in [5.74, 6) is 0.188. The Morgan fingerprint density at radius 3 is 2.63 bits per heavy atom. The van der Waals surface area contributed by atoms with Crippen molar-refractivity contribution in [3.05, 3.63) is 40.8 Å². The first-order chi connectivity index (χ1) is 13.1. The van der Waals surface area contributed by atoms with E-state index in [9.17, 15) is 9.59 Å². The molecule has 0 aromatic heterocycles. The second-order valence-corrected chi connectivity index (χ2v) is 8.22. The van der Waals surface area contributed by atoms with Crippen LogP contribution in [0.1, 0.15) is 31.2 Å². The summed E-state index contributed by atoms with van der Waals surface area (Å²) in [6.45, 7) is 3.28. The molecule has 0 radical (unpaired) electrons. The fraction of sp³-hybridized carbons (Fsp3) is 0.450. The molecule has 5 nitrogen and oxygen atoms in total. The normalized spacial score (nSPS) is 19.2. The summed E-state index contributed by atoms with van der Waals surface area (Å²) in [5.41, 5.74) is 1.000. The zero-order chi connectivity index (χ0) is 19.1. The number of rotatable bonds is 7. The van der Waals surface area contributed by atoms with E-state index in [-0.39, 0.29) is 11.8 Å². The van der Waals surface area contributed by atoms with E-state index in [1.54, 1.807) is 4.90 Å². The maximum atomic E-state index is 12.6. The number of thioether (sulfide) groups is 1. The van der Waals surface area contributed by atoms with Crippen molar-refractivity contribution in [2.24, 2.45) is 0 Å². The molecule has 0 spiro atoms. The summed E-state index contributed by atoms with van der Waals surface area (Å²) in [6, 6.07) is 9.79. The van der Waals surface area contributed by atoms with Crippen LogP contribution in [0.2, 0.25) is 0 Å². The lowest BCUT2D eigenvalue weighted by Crippen LogP contribution is -2.40. The van der Waals surface area contributed by atoms with Gasteiger partial charge in [0.1, 0.15) is 4.32 Å². The van der Waals surface area contributed by atoms with Crippen LogP contribution in [-0.2, 0) is 14.3 Å². The number of ether oxygens (including phenoxy) is 1. The smallest absolute Gasteiger partial charge is 0.266 e. The predicted octanol–water partition coefficient (Wildman–Crippen LogP) is 3.31. The third-order valence-corrected chi connectivity index (χ3v) is 5.98. The Morgan fingerprint density at radius 2 is 1.89 bits per heavy atom.